The summed E-state index contributed by atoms with van der Waals surface area (Å²) in [6.07, 6.45) is -2.57. The lowest BCUT2D eigenvalue weighted by Crippen LogP contribution is -2.60. The maximum absolute atomic E-state index is 13.9. The van der Waals surface area contributed by atoms with Gasteiger partial charge in [0.25, 0.3) is 0 Å². The van der Waals surface area contributed by atoms with Crippen molar-refractivity contribution < 1.29 is 22.6 Å². The molecule has 0 spiro atoms. The first-order valence-electron chi connectivity index (χ1n) is 11.0. The van der Waals surface area contributed by atoms with Gasteiger partial charge in [-0.1, -0.05) is 18.2 Å². The van der Waals surface area contributed by atoms with Crippen molar-refractivity contribution in [3.63, 3.8) is 0 Å². The maximum Gasteiger partial charge on any atom is 0.405 e. The van der Waals surface area contributed by atoms with E-state index in [9.17, 15) is 18.0 Å². The van der Waals surface area contributed by atoms with Crippen LogP contribution in [0.1, 0.15) is 11.1 Å². The molecule has 1 aliphatic rings. The molecule has 13 heteroatoms. The first-order valence-corrected chi connectivity index (χ1v) is 11.0. The van der Waals surface area contributed by atoms with E-state index in [2.05, 4.69) is 30.5 Å². The molecule has 1 saturated heterocycles. The van der Waals surface area contributed by atoms with E-state index in [-0.39, 0.29) is 32.0 Å². The summed E-state index contributed by atoms with van der Waals surface area (Å²) in [5, 5.41) is 18.4. The number of piperazine rings is 1. The zero-order valence-electron chi connectivity index (χ0n) is 18.5. The van der Waals surface area contributed by atoms with Crippen molar-refractivity contribution >= 4 is 16.9 Å². The van der Waals surface area contributed by atoms with Crippen LogP contribution in [-0.4, -0.2) is 84.6 Å². The molecule has 0 saturated carbocycles. The molecule has 5 rings (SSSR count). The van der Waals surface area contributed by atoms with Crippen LogP contribution in [0.3, 0.4) is 0 Å². The van der Waals surface area contributed by atoms with E-state index in [0.29, 0.717) is 23.0 Å². The average Bonchev–Trinajstić information content (AvgIpc) is 3.54. The van der Waals surface area contributed by atoms with Crippen molar-refractivity contribution in [3.8, 4) is 5.69 Å². The molecule has 1 atom stereocenters. The predicted molar refractivity (Wildman–Crippen MR) is 116 cm³/mol. The second-order valence-corrected chi connectivity index (χ2v) is 8.37. The molecule has 4 aromatic rings. The Bertz CT molecular complexity index is 1290. The highest BCUT2D eigenvalue weighted by Crippen LogP contribution is 2.28. The van der Waals surface area contributed by atoms with Crippen LogP contribution in [0.25, 0.3) is 16.7 Å². The number of rotatable bonds is 6. The summed E-state index contributed by atoms with van der Waals surface area (Å²) in [6.45, 7) is 0.196. The van der Waals surface area contributed by atoms with E-state index < -0.39 is 18.8 Å². The molecule has 0 aliphatic carbocycles. The number of nitrogens with zero attached hydrogens (tertiary/aromatic N) is 8. The van der Waals surface area contributed by atoms with Gasteiger partial charge in [-0.25, -0.2) is 9.31 Å². The number of benzene rings is 2. The standard InChI is InChI=1S/C22H21F3N8O2/c23-22(24,25)20-13-32(21(34)12-15-1-4-17(5-2-15)33-14-26-29-30-33)10-9-31(20)8-7-16-3-6-18-19(11-16)28-35-27-18/h1-6,11,14,20H,7-10,12-13H2. The van der Waals surface area contributed by atoms with Crippen LogP contribution in [0.4, 0.5) is 13.2 Å². The lowest BCUT2D eigenvalue weighted by Gasteiger charge is -2.42. The summed E-state index contributed by atoms with van der Waals surface area (Å²) in [7, 11) is 0. The summed E-state index contributed by atoms with van der Waals surface area (Å²) < 4.78 is 47.8. The third-order valence-electron chi connectivity index (χ3n) is 6.13. The molecule has 1 unspecified atom stereocenters. The van der Waals surface area contributed by atoms with Gasteiger partial charge < -0.3 is 4.90 Å². The third-order valence-corrected chi connectivity index (χ3v) is 6.13. The molecule has 2 aromatic carbocycles. The molecule has 182 valence electrons. The fourth-order valence-corrected chi connectivity index (χ4v) is 4.21. The van der Waals surface area contributed by atoms with Gasteiger partial charge in [0.2, 0.25) is 5.91 Å². The Morgan fingerprint density at radius 3 is 2.54 bits per heavy atom. The third kappa shape index (κ3) is 5.14. The SMILES string of the molecule is O=C(Cc1ccc(-n2cnnn2)cc1)N1CCN(CCc2ccc3nonc3c2)C(C(F)(F)F)C1. The fraction of sp³-hybridized carbons (Fsp3) is 0.364. The number of carbonyl (C=O) groups is 1. The van der Waals surface area contributed by atoms with Crippen molar-refractivity contribution in [1.82, 2.24) is 40.3 Å². The first kappa shape index (κ1) is 22.9. The second-order valence-electron chi connectivity index (χ2n) is 8.37. The van der Waals surface area contributed by atoms with E-state index in [1.54, 1.807) is 42.5 Å². The number of alkyl halides is 3. The molecule has 2 aromatic heterocycles. The van der Waals surface area contributed by atoms with Crippen LogP contribution in [-0.2, 0) is 17.6 Å². The zero-order valence-corrected chi connectivity index (χ0v) is 18.5. The lowest BCUT2D eigenvalue weighted by molar-refractivity contribution is -0.197. The maximum atomic E-state index is 13.9. The normalized spacial score (nSPS) is 17.2. The number of hydrogen-bond acceptors (Lipinski definition) is 8. The fourth-order valence-electron chi connectivity index (χ4n) is 4.21. The Kier molecular flexibility index (Phi) is 6.16. The summed E-state index contributed by atoms with van der Waals surface area (Å²) in [5.74, 6) is -0.335. The van der Waals surface area contributed by atoms with Gasteiger partial charge >= 0.3 is 6.18 Å². The van der Waals surface area contributed by atoms with Gasteiger partial charge in [-0.15, -0.1) is 5.10 Å². The Balaban J connectivity index is 1.21. The smallest absolute Gasteiger partial charge is 0.339 e. The second kappa shape index (κ2) is 9.41. The molecular formula is C22H21F3N8O2. The highest BCUT2D eigenvalue weighted by molar-refractivity contribution is 5.79. The molecule has 10 nitrogen and oxygen atoms in total. The van der Waals surface area contributed by atoms with E-state index >= 15 is 0 Å². The Morgan fingerprint density at radius 2 is 1.80 bits per heavy atom. The van der Waals surface area contributed by atoms with Crippen molar-refractivity contribution in [1.29, 1.82) is 0 Å². The number of amides is 1. The number of halogens is 3. The van der Waals surface area contributed by atoms with Crippen LogP contribution in [0.15, 0.2) is 53.4 Å². The molecule has 1 fully saturated rings. The highest BCUT2D eigenvalue weighted by Gasteiger charge is 2.46. The molecular weight excluding hydrogens is 465 g/mol. The van der Waals surface area contributed by atoms with Gasteiger partial charge in [0.15, 0.2) is 0 Å². The largest absolute Gasteiger partial charge is 0.405 e. The Hall–Kier alpha value is -3.87. The van der Waals surface area contributed by atoms with Crippen LogP contribution in [0, 0.1) is 0 Å². The van der Waals surface area contributed by atoms with E-state index in [0.717, 1.165) is 11.3 Å². The van der Waals surface area contributed by atoms with Crippen LogP contribution < -0.4 is 0 Å². The van der Waals surface area contributed by atoms with Crippen LogP contribution in [0.5, 0.6) is 0 Å². The minimum absolute atomic E-state index is 0.0201. The topological polar surface area (TPSA) is 106 Å². The molecule has 1 amide bonds. The van der Waals surface area contributed by atoms with Gasteiger partial charge in [0, 0.05) is 26.2 Å². The zero-order chi connectivity index (χ0) is 24.4. The monoisotopic (exact) mass is 486 g/mol. The van der Waals surface area contributed by atoms with E-state index in [4.69, 9.17) is 0 Å². The van der Waals surface area contributed by atoms with Crippen molar-refractivity contribution in [2.75, 3.05) is 26.2 Å². The number of hydrogen-bond donors (Lipinski definition) is 0. The highest BCUT2D eigenvalue weighted by atomic mass is 19.4. The number of fused-ring (bicyclic) bond motifs is 1. The molecule has 3 heterocycles. The molecule has 0 N–H and O–H groups in total. The minimum atomic E-state index is -4.45. The van der Waals surface area contributed by atoms with Gasteiger partial charge in [-0.2, -0.15) is 13.2 Å². The van der Waals surface area contributed by atoms with Crippen LogP contribution in [0.2, 0.25) is 0 Å². The van der Waals surface area contributed by atoms with Gasteiger partial charge in [-0.3, -0.25) is 9.69 Å². The molecule has 1 aliphatic heterocycles. The summed E-state index contributed by atoms with van der Waals surface area (Å²) in [6, 6.07) is 10.6. The van der Waals surface area contributed by atoms with Gasteiger partial charge in [-0.05, 0) is 62.6 Å². The molecule has 0 radical (unpaired) electrons. The van der Waals surface area contributed by atoms with E-state index in [1.165, 1.54) is 20.8 Å². The van der Waals surface area contributed by atoms with E-state index in [1.807, 2.05) is 0 Å². The lowest BCUT2D eigenvalue weighted by atomic mass is 10.1. The number of tetrazole rings is 1. The summed E-state index contributed by atoms with van der Waals surface area (Å²) in [4.78, 5) is 15.5. The quantitative estimate of drug-likeness (QED) is 0.408. The summed E-state index contributed by atoms with van der Waals surface area (Å²) in [5.41, 5.74) is 3.43. The van der Waals surface area contributed by atoms with Gasteiger partial charge in [0.1, 0.15) is 23.4 Å². The summed E-state index contributed by atoms with van der Waals surface area (Å²) >= 11 is 0. The molecule has 0 bridgehead atoms. The Labute approximate surface area is 197 Å². The molecule has 35 heavy (non-hydrogen) atoms. The number of aromatic nitrogens is 6. The average molecular weight is 486 g/mol. The van der Waals surface area contributed by atoms with Crippen molar-refractivity contribution in [3.05, 3.63) is 59.9 Å². The predicted octanol–water partition coefficient (Wildman–Crippen LogP) is 2.06. The Morgan fingerprint density at radius 1 is 1.03 bits per heavy atom. The number of carbonyl (C=O) groups excluding carboxylic acids is 1. The minimum Gasteiger partial charge on any atom is -0.339 e. The first-order chi connectivity index (χ1) is 16.9. The van der Waals surface area contributed by atoms with Crippen molar-refractivity contribution in [2.45, 2.75) is 25.1 Å². The van der Waals surface area contributed by atoms with Gasteiger partial charge in [0.05, 0.1) is 12.1 Å². The van der Waals surface area contributed by atoms with Crippen molar-refractivity contribution in [2.24, 2.45) is 0 Å². The van der Waals surface area contributed by atoms with Crippen LogP contribution >= 0.6 is 0 Å².